The van der Waals surface area contributed by atoms with Crippen LogP contribution in [0.15, 0.2) is 22.7 Å². The Kier molecular flexibility index (Phi) is 3.60. The van der Waals surface area contributed by atoms with Crippen LogP contribution >= 0.6 is 15.9 Å². The Morgan fingerprint density at radius 1 is 1.41 bits per heavy atom. The monoisotopic (exact) mass is 321 g/mol. The minimum Gasteiger partial charge on any atom is -0.492 e. The second kappa shape index (κ2) is 4.83. The van der Waals surface area contributed by atoms with Gasteiger partial charge in [0, 0.05) is 0 Å². The summed E-state index contributed by atoms with van der Waals surface area (Å²) in [6.07, 6.45) is 2.43. The molecule has 1 saturated carbocycles. The van der Waals surface area contributed by atoms with Gasteiger partial charge in [0.25, 0.3) is 0 Å². The van der Waals surface area contributed by atoms with Gasteiger partial charge in [-0.15, -0.1) is 0 Å². The molecule has 0 heterocycles. The minimum atomic E-state index is -3.98. The van der Waals surface area contributed by atoms with Gasteiger partial charge >= 0.3 is 10.3 Å². The maximum absolute atomic E-state index is 10.7. The van der Waals surface area contributed by atoms with Crippen LogP contribution in [0.25, 0.3) is 0 Å². The fourth-order valence-corrected chi connectivity index (χ4v) is 2.12. The van der Waals surface area contributed by atoms with Gasteiger partial charge in [-0.3, -0.25) is 0 Å². The van der Waals surface area contributed by atoms with Gasteiger partial charge < -0.3 is 8.92 Å². The molecule has 5 nitrogen and oxygen atoms in total. The summed E-state index contributed by atoms with van der Waals surface area (Å²) < 4.78 is 32.2. The van der Waals surface area contributed by atoms with Crippen molar-refractivity contribution >= 4 is 26.2 Å². The van der Waals surface area contributed by atoms with Crippen LogP contribution in [-0.4, -0.2) is 15.0 Å². The van der Waals surface area contributed by atoms with Gasteiger partial charge in [-0.2, -0.15) is 13.6 Å². The van der Waals surface area contributed by atoms with Crippen molar-refractivity contribution in [3.63, 3.8) is 0 Å². The van der Waals surface area contributed by atoms with E-state index in [2.05, 4.69) is 20.1 Å². The van der Waals surface area contributed by atoms with E-state index < -0.39 is 10.3 Å². The van der Waals surface area contributed by atoms with Gasteiger partial charge in [-0.25, -0.2) is 0 Å². The lowest BCUT2D eigenvalue weighted by molar-refractivity contribution is 0.297. The van der Waals surface area contributed by atoms with E-state index in [1.165, 1.54) is 25.0 Å². The quantitative estimate of drug-likeness (QED) is 0.897. The molecule has 0 unspecified atom stereocenters. The Labute approximate surface area is 108 Å². The number of hydrogen-bond donors (Lipinski definition) is 1. The van der Waals surface area contributed by atoms with Crippen LogP contribution in [0, 0.1) is 5.92 Å². The fourth-order valence-electron chi connectivity index (χ4n) is 1.28. The third-order valence-electron chi connectivity index (χ3n) is 2.29. The Morgan fingerprint density at radius 2 is 2.12 bits per heavy atom. The number of halogens is 1. The lowest BCUT2D eigenvalue weighted by Gasteiger charge is -2.09. The Hall–Kier alpha value is -0.790. The van der Waals surface area contributed by atoms with Crippen molar-refractivity contribution in [2.75, 3.05) is 6.61 Å². The lowest BCUT2D eigenvalue weighted by Crippen LogP contribution is -2.18. The number of rotatable bonds is 5. The summed E-state index contributed by atoms with van der Waals surface area (Å²) in [6, 6.07) is 4.65. The molecule has 0 saturated heterocycles. The molecule has 1 fully saturated rings. The fraction of sp³-hybridized carbons (Fsp3) is 0.400. The molecule has 94 valence electrons. The molecule has 7 heteroatoms. The minimum absolute atomic E-state index is 0.151. The first-order valence-electron chi connectivity index (χ1n) is 5.08. The summed E-state index contributed by atoms with van der Waals surface area (Å²) in [4.78, 5) is 0. The second-order valence-electron chi connectivity index (χ2n) is 3.92. The maximum atomic E-state index is 10.7. The molecule has 0 bridgehead atoms. The highest BCUT2D eigenvalue weighted by Crippen LogP contribution is 2.33. The van der Waals surface area contributed by atoms with Crippen LogP contribution in [0.3, 0.4) is 0 Å². The van der Waals surface area contributed by atoms with E-state index in [1.54, 1.807) is 6.07 Å². The molecule has 1 aromatic carbocycles. The summed E-state index contributed by atoms with van der Waals surface area (Å²) in [5, 5.41) is 4.77. The van der Waals surface area contributed by atoms with E-state index in [1.807, 2.05) is 0 Å². The first-order valence-corrected chi connectivity index (χ1v) is 7.35. The summed E-state index contributed by atoms with van der Waals surface area (Å²) in [7, 11) is -3.98. The first kappa shape index (κ1) is 12.7. The van der Waals surface area contributed by atoms with Crippen molar-refractivity contribution in [2.45, 2.75) is 12.8 Å². The van der Waals surface area contributed by atoms with E-state index in [9.17, 15) is 8.42 Å². The van der Waals surface area contributed by atoms with Crippen LogP contribution < -0.4 is 14.1 Å². The number of ether oxygens (including phenoxy) is 1. The first-order chi connectivity index (χ1) is 7.94. The molecule has 0 amide bonds. The summed E-state index contributed by atoms with van der Waals surface area (Å²) in [6.45, 7) is 0.688. The standard InChI is InChI=1S/C10H12BrNO4S/c11-9-5-8(16-17(12,13)14)3-4-10(9)15-6-7-1-2-7/h3-5,7H,1-2,6H2,(H2,12,13,14). The second-order valence-corrected chi connectivity index (χ2v) is 5.93. The smallest absolute Gasteiger partial charge is 0.380 e. The van der Waals surface area contributed by atoms with Crippen molar-refractivity contribution in [2.24, 2.45) is 11.1 Å². The zero-order chi connectivity index (χ0) is 12.5. The van der Waals surface area contributed by atoms with Crippen molar-refractivity contribution in [3.05, 3.63) is 22.7 Å². The molecule has 1 aromatic rings. The zero-order valence-corrected chi connectivity index (χ0v) is 11.3. The average Bonchev–Trinajstić information content (AvgIpc) is 2.97. The number of benzene rings is 1. The molecular weight excluding hydrogens is 310 g/mol. The molecule has 1 aliphatic carbocycles. The van der Waals surface area contributed by atoms with E-state index in [-0.39, 0.29) is 5.75 Å². The normalized spacial score (nSPS) is 15.6. The molecule has 0 atom stereocenters. The average molecular weight is 322 g/mol. The molecular formula is C10H12BrNO4S. The van der Waals surface area contributed by atoms with Crippen LogP contribution in [0.1, 0.15) is 12.8 Å². The van der Waals surface area contributed by atoms with E-state index in [4.69, 9.17) is 9.88 Å². The highest BCUT2D eigenvalue weighted by atomic mass is 79.9. The number of nitrogens with two attached hydrogens (primary N) is 1. The highest BCUT2D eigenvalue weighted by Gasteiger charge is 2.22. The van der Waals surface area contributed by atoms with Crippen molar-refractivity contribution < 1.29 is 17.3 Å². The molecule has 0 aromatic heterocycles. The van der Waals surface area contributed by atoms with Crippen molar-refractivity contribution in [1.29, 1.82) is 0 Å². The molecule has 0 aliphatic heterocycles. The van der Waals surface area contributed by atoms with Gasteiger partial charge in [-0.05, 0) is 52.9 Å². The maximum Gasteiger partial charge on any atom is 0.380 e. The Balaban J connectivity index is 2.04. The third-order valence-corrected chi connectivity index (χ3v) is 3.33. The van der Waals surface area contributed by atoms with E-state index in [0.717, 1.165) is 0 Å². The van der Waals surface area contributed by atoms with Crippen LogP contribution in [-0.2, 0) is 10.3 Å². The summed E-state index contributed by atoms with van der Waals surface area (Å²) in [5.41, 5.74) is 0. The van der Waals surface area contributed by atoms with Crippen molar-refractivity contribution in [3.8, 4) is 11.5 Å². The molecule has 0 radical (unpaired) electrons. The molecule has 17 heavy (non-hydrogen) atoms. The van der Waals surface area contributed by atoms with E-state index >= 15 is 0 Å². The van der Waals surface area contributed by atoms with Gasteiger partial charge in [0.2, 0.25) is 0 Å². The topological polar surface area (TPSA) is 78.6 Å². The van der Waals surface area contributed by atoms with Crippen molar-refractivity contribution in [1.82, 2.24) is 0 Å². The van der Waals surface area contributed by atoms with Crippen LogP contribution in [0.5, 0.6) is 11.5 Å². The molecule has 1 aliphatic rings. The predicted molar refractivity (Wildman–Crippen MR) is 66.1 cm³/mol. The zero-order valence-electron chi connectivity index (χ0n) is 8.93. The predicted octanol–water partition coefficient (Wildman–Crippen LogP) is 1.82. The van der Waals surface area contributed by atoms with Gasteiger partial charge in [-0.1, -0.05) is 0 Å². The van der Waals surface area contributed by atoms with Crippen LogP contribution in [0.2, 0.25) is 0 Å². The lowest BCUT2D eigenvalue weighted by atomic mass is 10.3. The highest BCUT2D eigenvalue weighted by molar-refractivity contribution is 9.10. The van der Waals surface area contributed by atoms with Crippen LogP contribution in [0.4, 0.5) is 0 Å². The van der Waals surface area contributed by atoms with Gasteiger partial charge in [0.1, 0.15) is 11.5 Å². The molecule has 0 spiro atoms. The Morgan fingerprint density at radius 3 is 2.65 bits per heavy atom. The van der Waals surface area contributed by atoms with E-state index in [0.29, 0.717) is 22.7 Å². The SMILES string of the molecule is NS(=O)(=O)Oc1ccc(OCC2CC2)c(Br)c1. The molecule has 2 N–H and O–H groups in total. The van der Waals surface area contributed by atoms with Gasteiger partial charge in [0.15, 0.2) is 0 Å². The largest absolute Gasteiger partial charge is 0.492 e. The summed E-state index contributed by atoms with van der Waals surface area (Å²) in [5.74, 6) is 1.47. The number of hydrogen-bond acceptors (Lipinski definition) is 4. The molecule has 2 rings (SSSR count). The third kappa shape index (κ3) is 4.18. The Bertz CT molecular complexity index is 513. The van der Waals surface area contributed by atoms with Gasteiger partial charge in [0.05, 0.1) is 11.1 Å². The summed E-state index contributed by atoms with van der Waals surface area (Å²) >= 11 is 3.28.